The molecule has 0 aliphatic heterocycles. The molecule has 1 amide bonds. The van der Waals surface area contributed by atoms with Gasteiger partial charge in [-0.1, -0.05) is 24.3 Å². The number of benzene rings is 2. The van der Waals surface area contributed by atoms with Gasteiger partial charge in [-0.05, 0) is 47.7 Å². The molecule has 0 saturated heterocycles. The highest BCUT2D eigenvalue weighted by molar-refractivity contribution is 5.80. The van der Waals surface area contributed by atoms with Gasteiger partial charge in [0.1, 0.15) is 11.6 Å². The minimum absolute atomic E-state index is 0.0881. The average Bonchev–Trinajstić information content (AvgIpc) is 3.09. The molecule has 0 unspecified atom stereocenters. The summed E-state index contributed by atoms with van der Waals surface area (Å²) >= 11 is 0. The fourth-order valence-corrected chi connectivity index (χ4v) is 2.19. The first-order valence-corrected chi connectivity index (χ1v) is 7.66. The molecule has 0 spiro atoms. The summed E-state index contributed by atoms with van der Waals surface area (Å²) in [6, 6.07) is 14.9. The lowest BCUT2D eigenvalue weighted by molar-refractivity contribution is -0.127. The second-order valence-corrected chi connectivity index (χ2v) is 5.28. The normalized spacial score (nSPS) is 11.8. The second-order valence-electron chi connectivity index (χ2n) is 5.28. The number of hydrogen-bond donors (Lipinski definition) is 1. The van der Waals surface area contributed by atoms with Gasteiger partial charge in [-0.15, -0.1) is 5.10 Å². The Morgan fingerprint density at radius 1 is 1.24 bits per heavy atom. The Hall–Kier alpha value is -3.29. The van der Waals surface area contributed by atoms with Gasteiger partial charge in [0.2, 0.25) is 0 Å². The molecular formula is C17H16FN5O2. The van der Waals surface area contributed by atoms with Crippen molar-refractivity contribution in [2.75, 3.05) is 0 Å². The first-order valence-electron chi connectivity index (χ1n) is 7.66. The van der Waals surface area contributed by atoms with Gasteiger partial charge in [0.05, 0.1) is 12.2 Å². The van der Waals surface area contributed by atoms with Crippen LogP contribution in [0.4, 0.5) is 4.39 Å². The number of nitrogens with one attached hydrogen (secondary N) is 1. The number of carbonyl (C=O) groups excluding carboxylic acids is 1. The molecular weight excluding hydrogens is 325 g/mol. The molecule has 0 fully saturated rings. The lowest BCUT2D eigenvalue weighted by Gasteiger charge is -2.14. The third-order valence-electron chi connectivity index (χ3n) is 3.43. The van der Waals surface area contributed by atoms with E-state index >= 15 is 0 Å². The number of ether oxygens (including phenoxy) is 1. The van der Waals surface area contributed by atoms with Crippen molar-refractivity contribution in [3.05, 3.63) is 66.2 Å². The Morgan fingerprint density at radius 2 is 2.04 bits per heavy atom. The first kappa shape index (κ1) is 16.6. The summed E-state index contributed by atoms with van der Waals surface area (Å²) in [5, 5.41) is 14.0. The minimum atomic E-state index is -0.680. The zero-order chi connectivity index (χ0) is 17.6. The van der Waals surface area contributed by atoms with Crippen LogP contribution in [0.5, 0.6) is 5.75 Å². The third-order valence-corrected chi connectivity index (χ3v) is 3.43. The van der Waals surface area contributed by atoms with E-state index in [4.69, 9.17) is 4.74 Å². The third kappa shape index (κ3) is 4.17. The fraction of sp³-hybridized carbons (Fsp3) is 0.176. The summed E-state index contributed by atoms with van der Waals surface area (Å²) in [6.45, 7) is 1.74. The molecule has 0 radical (unpaired) electrons. The standard InChI is InChI=1S/C17H16FN5O2/c1-12(25-15-8-3-2-4-9-15)17(24)19-11-16-20-21-22-23(16)14-7-5-6-13(18)10-14/h2-10,12H,11H2,1H3,(H,19,24)/t12-/m1/s1. The van der Waals surface area contributed by atoms with E-state index in [0.717, 1.165) is 0 Å². The van der Waals surface area contributed by atoms with Crippen LogP contribution in [0.3, 0.4) is 0 Å². The van der Waals surface area contributed by atoms with Gasteiger partial charge in [0.15, 0.2) is 11.9 Å². The first-order chi connectivity index (χ1) is 12.1. The van der Waals surface area contributed by atoms with Crippen molar-refractivity contribution in [3.8, 4) is 11.4 Å². The van der Waals surface area contributed by atoms with E-state index in [2.05, 4.69) is 20.8 Å². The van der Waals surface area contributed by atoms with E-state index < -0.39 is 11.9 Å². The van der Waals surface area contributed by atoms with Crippen LogP contribution in [-0.4, -0.2) is 32.2 Å². The number of tetrazole rings is 1. The van der Waals surface area contributed by atoms with Crippen LogP contribution in [0.2, 0.25) is 0 Å². The minimum Gasteiger partial charge on any atom is -0.481 e. The van der Waals surface area contributed by atoms with Gasteiger partial charge in [0, 0.05) is 0 Å². The molecule has 3 aromatic rings. The number of amides is 1. The van der Waals surface area contributed by atoms with Gasteiger partial charge in [-0.25, -0.2) is 4.39 Å². The summed E-state index contributed by atoms with van der Waals surface area (Å²) in [5.74, 6) is 0.283. The van der Waals surface area contributed by atoms with E-state index in [1.165, 1.54) is 16.8 Å². The molecule has 1 heterocycles. The van der Waals surface area contributed by atoms with Gasteiger partial charge in [0.25, 0.3) is 5.91 Å². The van der Waals surface area contributed by atoms with Gasteiger partial charge < -0.3 is 10.1 Å². The lowest BCUT2D eigenvalue weighted by atomic mass is 10.3. The topological polar surface area (TPSA) is 81.9 Å². The van der Waals surface area contributed by atoms with E-state index in [-0.39, 0.29) is 12.5 Å². The molecule has 1 atom stereocenters. The molecule has 0 aliphatic carbocycles. The highest BCUT2D eigenvalue weighted by Gasteiger charge is 2.16. The summed E-state index contributed by atoms with van der Waals surface area (Å²) < 4.78 is 20.3. The van der Waals surface area contributed by atoms with Crippen molar-refractivity contribution in [2.24, 2.45) is 0 Å². The highest BCUT2D eigenvalue weighted by atomic mass is 19.1. The summed E-state index contributed by atoms with van der Waals surface area (Å²) in [6.07, 6.45) is -0.680. The van der Waals surface area contributed by atoms with Crippen LogP contribution in [0.25, 0.3) is 5.69 Å². The Bertz CT molecular complexity index is 853. The van der Waals surface area contributed by atoms with Crippen molar-refractivity contribution < 1.29 is 13.9 Å². The van der Waals surface area contributed by atoms with E-state index in [1.807, 2.05) is 18.2 Å². The van der Waals surface area contributed by atoms with Crippen LogP contribution in [0, 0.1) is 5.82 Å². The zero-order valence-corrected chi connectivity index (χ0v) is 13.5. The van der Waals surface area contributed by atoms with E-state index in [9.17, 15) is 9.18 Å². The highest BCUT2D eigenvalue weighted by Crippen LogP contribution is 2.12. The molecule has 3 rings (SSSR count). The predicted molar refractivity (Wildman–Crippen MR) is 87.5 cm³/mol. The Kier molecular flexibility index (Phi) is 4.98. The van der Waals surface area contributed by atoms with Crippen molar-refractivity contribution in [1.29, 1.82) is 0 Å². The van der Waals surface area contributed by atoms with Crippen molar-refractivity contribution in [2.45, 2.75) is 19.6 Å². The maximum Gasteiger partial charge on any atom is 0.261 e. The maximum absolute atomic E-state index is 13.3. The largest absolute Gasteiger partial charge is 0.481 e. The van der Waals surface area contributed by atoms with E-state index in [1.54, 1.807) is 31.2 Å². The predicted octanol–water partition coefficient (Wildman–Crippen LogP) is 1.89. The number of hydrogen-bond acceptors (Lipinski definition) is 5. The monoisotopic (exact) mass is 341 g/mol. The number of halogens is 1. The fourth-order valence-electron chi connectivity index (χ4n) is 2.19. The SMILES string of the molecule is C[C@@H](Oc1ccccc1)C(=O)NCc1nnnn1-c1cccc(F)c1. The molecule has 8 heteroatoms. The Labute approximate surface area is 143 Å². The van der Waals surface area contributed by atoms with Gasteiger partial charge >= 0.3 is 0 Å². The van der Waals surface area contributed by atoms with Crippen molar-refractivity contribution in [3.63, 3.8) is 0 Å². The molecule has 2 aromatic carbocycles. The number of rotatable bonds is 6. The summed E-state index contributed by atoms with van der Waals surface area (Å²) in [4.78, 5) is 12.2. The number of carbonyl (C=O) groups is 1. The lowest BCUT2D eigenvalue weighted by Crippen LogP contribution is -2.36. The molecule has 0 saturated carbocycles. The number of para-hydroxylation sites is 1. The molecule has 1 aromatic heterocycles. The molecule has 0 aliphatic rings. The smallest absolute Gasteiger partial charge is 0.261 e. The molecule has 0 bridgehead atoms. The van der Waals surface area contributed by atoms with Crippen molar-refractivity contribution in [1.82, 2.24) is 25.5 Å². The molecule has 25 heavy (non-hydrogen) atoms. The Balaban J connectivity index is 1.62. The number of nitrogens with zero attached hydrogens (tertiary/aromatic N) is 4. The van der Waals surface area contributed by atoms with Crippen LogP contribution >= 0.6 is 0 Å². The average molecular weight is 341 g/mol. The van der Waals surface area contributed by atoms with Crippen LogP contribution in [-0.2, 0) is 11.3 Å². The van der Waals surface area contributed by atoms with Crippen LogP contribution < -0.4 is 10.1 Å². The zero-order valence-electron chi connectivity index (χ0n) is 13.5. The van der Waals surface area contributed by atoms with Gasteiger partial charge in [-0.2, -0.15) is 4.68 Å². The Morgan fingerprint density at radius 3 is 2.80 bits per heavy atom. The van der Waals surface area contributed by atoms with Crippen molar-refractivity contribution >= 4 is 5.91 Å². The molecule has 128 valence electrons. The molecule has 7 nitrogen and oxygen atoms in total. The molecule has 1 N–H and O–H groups in total. The maximum atomic E-state index is 13.3. The summed E-state index contributed by atoms with van der Waals surface area (Å²) in [7, 11) is 0. The van der Waals surface area contributed by atoms with E-state index in [0.29, 0.717) is 17.3 Å². The number of aromatic nitrogens is 4. The quantitative estimate of drug-likeness (QED) is 0.740. The second kappa shape index (κ2) is 7.52. The van der Waals surface area contributed by atoms with Gasteiger partial charge in [-0.3, -0.25) is 4.79 Å². The van der Waals surface area contributed by atoms with Crippen LogP contribution in [0.15, 0.2) is 54.6 Å². The summed E-state index contributed by atoms with van der Waals surface area (Å²) in [5.41, 5.74) is 0.475. The van der Waals surface area contributed by atoms with Crippen LogP contribution in [0.1, 0.15) is 12.7 Å².